The molecule has 0 atom stereocenters. The van der Waals surface area contributed by atoms with Gasteiger partial charge in [-0.15, -0.1) is 0 Å². The Morgan fingerprint density at radius 1 is 1.05 bits per heavy atom. The highest BCUT2D eigenvalue weighted by atomic mass is 19.2. The van der Waals surface area contributed by atoms with Crippen LogP contribution in [0.3, 0.4) is 0 Å². The second-order valence-corrected chi connectivity index (χ2v) is 3.42. The van der Waals surface area contributed by atoms with Crippen LogP contribution in [-0.4, -0.2) is 17.0 Å². The van der Waals surface area contributed by atoms with E-state index in [0.29, 0.717) is 6.08 Å². The number of halogens is 4. The van der Waals surface area contributed by atoms with Crippen LogP contribution >= 0.6 is 0 Å². The lowest BCUT2D eigenvalue weighted by atomic mass is 10.1. The smallest absolute Gasteiger partial charge is 0.341 e. The van der Waals surface area contributed by atoms with Gasteiger partial charge >= 0.3 is 5.97 Å². The molecular formula is C11H7F4NO3. The molecule has 1 aromatic rings. The van der Waals surface area contributed by atoms with E-state index in [1.54, 1.807) is 0 Å². The van der Waals surface area contributed by atoms with Gasteiger partial charge in [0.15, 0.2) is 23.3 Å². The lowest BCUT2D eigenvalue weighted by Crippen LogP contribution is -2.11. The normalized spacial score (nSPS) is 10.9. The van der Waals surface area contributed by atoms with E-state index in [9.17, 15) is 27.2 Å². The fourth-order valence-corrected chi connectivity index (χ4v) is 1.28. The van der Waals surface area contributed by atoms with Gasteiger partial charge in [0.2, 0.25) is 5.91 Å². The number of carbonyl (C=O) groups is 2. The van der Waals surface area contributed by atoms with Gasteiger partial charge in [-0.1, -0.05) is 12.2 Å². The predicted octanol–water partition coefficient (Wildman–Crippen LogP) is 1.83. The van der Waals surface area contributed by atoms with Crippen molar-refractivity contribution in [3.63, 3.8) is 0 Å². The molecule has 0 aliphatic rings. The molecule has 1 aromatic carbocycles. The molecule has 102 valence electrons. The molecule has 4 nitrogen and oxygen atoms in total. The molecular weight excluding hydrogens is 270 g/mol. The topological polar surface area (TPSA) is 80.4 Å². The van der Waals surface area contributed by atoms with Crippen molar-refractivity contribution in [2.24, 2.45) is 5.73 Å². The van der Waals surface area contributed by atoms with Crippen molar-refractivity contribution in [1.82, 2.24) is 0 Å². The first-order valence-electron chi connectivity index (χ1n) is 4.81. The van der Waals surface area contributed by atoms with Crippen LogP contribution in [0.25, 0.3) is 6.08 Å². The van der Waals surface area contributed by atoms with Crippen molar-refractivity contribution in [1.29, 1.82) is 0 Å². The molecule has 0 unspecified atom stereocenters. The maximum atomic E-state index is 13.4. The van der Waals surface area contributed by atoms with Crippen molar-refractivity contribution in [2.75, 3.05) is 0 Å². The monoisotopic (exact) mass is 277 g/mol. The van der Waals surface area contributed by atoms with Crippen molar-refractivity contribution in [3.8, 4) is 0 Å². The molecule has 0 aliphatic heterocycles. The Labute approximate surface area is 104 Å². The molecule has 0 saturated heterocycles. The third kappa shape index (κ3) is 2.90. The molecule has 1 amide bonds. The minimum Gasteiger partial charge on any atom is -0.477 e. The van der Waals surface area contributed by atoms with Crippen LogP contribution in [0.2, 0.25) is 0 Å². The minimum atomic E-state index is -2.14. The zero-order valence-electron chi connectivity index (χ0n) is 9.21. The third-order valence-electron chi connectivity index (χ3n) is 2.11. The summed E-state index contributed by atoms with van der Waals surface area (Å²) in [6.07, 6.45) is 1.10. The summed E-state index contributed by atoms with van der Waals surface area (Å²) < 4.78 is 53.3. The lowest BCUT2D eigenvalue weighted by Gasteiger charge is -2.06. The number of rotatable bonds is 4. The zero-order chi connectivity index (χ0) is 14.7. The first kappa shape index (κ1) is 14.7. The van der Waals surface area contributed by atoms with E-state index in [1.165, 1.54) is 0 Å². The van der Waals surface area contributed by atoms with Crippen LogP contribution in [0.1, 0.15) is 22.3 Å². The number of primary amides is 1. The Hall–Kier alpha value is -2.38. The van der Waals surface area contributed by atoms with Gasteiger partial charge < -0.3 is 10.8 Å². The van der Waals surface area contributed by atoms with Crippen molar-refractivity contribution < 1.29 is 32.3 Å². The molecule has 0 bridgehead atoms. The first-order valence-corrected chi connectivity index (χ1v) is 4.81. The largest absolute Gasteiger partial charge is 0.477 e. The van der Waals surface area contributed by atoms with Gasteiger partial charge in [-0.3, -0.25) is 4.79 Å². The van der Waals surface area contributed by atoms with Gasteiger partial charge in [-0.2, -0.15) is 0 Å². The Kier molecular flexibility index (Phi) is 4.26. The highest BCUT2D eigenvalue weighted by Gasteiger charge is 2.28. The van der Waals surface area contributed by atoms with Crippen LogP contribution in [0.5, 0.6) is 0 Å². The van der Waals surface area contributed by atoms with E-state index in [-0.39, 0.29) is 0 Å². The van der Waals surface area contributed by atoms with E-state index in [2.05, 4.69) is 0 Å². The summed E-state index contributed by atoms with van der Waals surface area (Å²) in [6.45, 7) is 0. The zero-order valence-corrected chi connectivity index (χ0v) is 9.21. The number of benzene rings is 1. The fraction of sp³-hybridized carbons (Fsp3) is 0.0909. The lowest BCUT2D eigenvalue weighted by molar-refractivity contribution is -0.117. The molecule has 8 heteroatoms. The number of nitrogens with two attached hydrogens (primary N) is 1. The maximum Gasteiger partial charge on any atom is 0.341 e. The summed E-state index contributed by atoms with van der Waals surface area (Å²) in [5.74, 6) is -10.7. The van der Waals surface area contributed by atoms with Gasteiger partial charge in [-0.25, -0.2) is 22.4 Å². The van der Waals surface area contributed by atoms with E-state index < -0.39 is 52.7 Å². The van der Waals surface area contributed by atoms with E-state index in [0.717, 1.165) is 6.08 Å². The van der Waals surface area contributed by atoms with Gasteiger partial charge in [0.05, 0.1) is 5.56 Å². The van der Waals surface area contributed by atoms with Crippen LogP contribution in [0.15, 0.2) is 6.08 Å². The molecule has 1 rings (SSSR count). The highest BCUT2D eigenvalue weighted by molar-refractivity contribution is 5.88. The number of hydrogen-bond acceptors (Lipinski definition) is 2. The van der Waals surface area contributed by atoms with Gasteiger partial charge in [-0.05, 0) is 0 Å². The Morgan fingerprint density at radius 2 is 1.53 bits per heavy atom. The summed E-state index contributed by atoms with van der Waals surface area (Å²) in [4.78, 5) is 20.9. The molecule has 0 heterocycles. The summed E-state index contributed by atoms with van der Waals surface area (Å²) in [6, 6.07) is 0. The number of aromatic carboxylic acids is 1. The Balaban J connectivity index is 3.40. The van der Waals surface area contributed by atoms with Gasteiger partial charge in [0.1, 0.15) is 5.56 Å². The summed E-state index contributed by atoms with van der Waals surface area (Å²) >= 11 is 0. The number of carboxylic acids is 1. The molecule has 0 radical (unpaired) electrons. The third-order valence-corrected chi connectivity index (χ3v) is 2.11. The summed E-state index contributed by atoms with van der Waals surface area (Å²) in [5.41, 5.74) is 1.91. The standard InChI is InChI=1S/C11H7F4NO3/c12-7-4(2-1-3-5(16)17)8(13)10(15)6(9(7)14)11(18)19/h1-2H,3H2,(H2,16,17)(H,18,19). The SMILES string of the molecule is NC(=O)CC=Cc1c(F)c(F)c(C(=O)O)c(F)c1F. The number of carboxylic acid groups (broad SMARTS) is 1. The molecule has 0 aliphatic carbocycles. The second kappa shape index (κ2) is 5.51. The Bertz CT molecular complexity index is 555. The number of carbonyl (C=O) groups excluding carboxylic acids is 1. The van der Waals surface area contributed by atoms with E-state index in [4.69, 9.17) is 10.8 Å². The predicted molar refractivity (Wildman–Crippen MR) is 56.1 cm³/mol. The molecule has 19 heavy (non-hydrogen) atoms. The van der Waals surface area contributed by atoms with Crippen LogP contribution in [-0.2, 0) is 4.79 Å². The number of hydrogen-bond donors (Lipinski definition) is 2. The molecule has 0 saturated carbocycles. The fourth-order valence-electron chi connectivity index (χ4n) is 1.28. The minimum absolute atomic E-state index is 0.400. The van der Waals surface area contributed by atoms with Crippen molar-refractivity contribution in [2.45, 2.75) is 6.42 Å². The Morgan fingerprint density at radius 3 is 1.89 bits per heavy atom. The average molecular weight is 277 g/mol. The quantitative estimate of drug-likeness (QED) is 0.650. The molecule has 0 fully saturated rings. The maximum absolute atomic E-state index is 13.4. The van der Waals surface area contributed by atoms with Crippen molar-refractivity contribution >= 4 is 18.0 Å². The van der Waals surface area contributed by atoms with Crippen LogP contribution < -0.4 is 5.73 Å². The number of amides is 1. The summed E-state index contributed by atoms with van der Waals surface area (Å²) in [7, 11) is 0. The molecule has 0 spiro atoms. The second-order valence-electron chi connectivity index (χ2n) is 3.42. The molecule has 3 N–H and O–H groups in total. The highest BCUT2D eigenvalue weighted by Crippen LogP contribution is 2.25. The van der Waals surface area contributed by atoms with Crippen LogP contribution in [0.4, 0.5) is 17.6 Å². The van der Waals surface area contributed by atoms with Gasteiger partial charge in [0.25, 0.3) is 0 Å². The molecule has 0 aromatic heterocycles. The van der Waals surface area contributed by atoms with Gasteiger partial charge in [0, 0.05) is 6.42 Å². The first-order chi connectivity index (χ1) is 8.77. The average Bonchev–Trinajstić information content (AvgIpc) is 2.30. The summed E-state index contributed by atoms with van der Waals surface area (Å²) in [5, 5.41) is 8.44. The van der Waals surface area contributed by atoms with Crippen LogP contribution in [0, 0.1) is 23.3 Å². The van der Waals surface area contributed by atoms with E-state index >= 15 is 0 Å². The van der Waals surface area contributed by atoms with E-state index in [1.807, 2.05) is 0 Å². The van der Waals surface area contributed by atoms with Crippen molar-refractivity contribution in [3.05, 3.63) is 40.5 Å².